The summed E-state index contributed by atoms with van der Waals surface area (Å²) in [4.78, 5) is 2.03. The van der Waals surface area contributed by atoms with Crippen molar-refractivity contribution in [1.82, 2.24) is 0 Å². The van der Waals surface area contributed by atoms with Crippen LogP contribution in [-0.4, -0.2) is 13.1 Å². The summed E-state index contributed by atoms with van der Waals surface area (Å²) >= 11 is 5.74. The number of hydrogen-bond donors (Lipinski definition) is 0. The molecule has 4 heteroatoms. The lowest BCUT2D eigenvalue weighted by Gasteiger charge is -2.23. The van der Waals surface area contributed by atoms with Crippen molar-refractivity contribution >= 4 is 17.3 Å². The molecule has 0 saturated heterocycles. The fourth-order valence-corrected chi connectivity index (χ4v) is 1.83. The Hall–Kier alpha value is -1.71. The van der Waals surface area contributed by atoms with Crippen molar-refractivity contribution < 1.29 is 0 Å². The van der Waals surface area contributed by atoms with Gasteiger partial charge in [0.25, 0.3) is 0 Å². The molecule has 0 aliphatic heterocycles. The van der Waals surface area contributed by atoms with Gasteiger partial charge in [0.2, 0.25) is 0 Å². The molecule has 1 aromatic rings. The average molecular weight is 248 g/mol. The van der Waals surface area contributed by atoms with E-state index in [9.17, 15) is 0 Å². The summed E-state index contributed by atoms with van der Waals surface area (Å²) in [5.41, 5.74) is 2.42. The molecule has 0 radical (unpaired) electrons. The molecule has 0 N–H and O–H groups in total. The Kier molecular flexibility index (Phi) is 5.33. The maximum atomic E-state index is 9.12. The van der Waals surface area contributed by atoms with Crippen LogP contribution in [0.2, 0.25) is 0 Å². The number of rotatable bonds is 5. The van der Waals surface area contributed by atoms with Crippen molar-refractivity contribution in [3.63, 3.8) is 0 Å². The summed E-state index contributed by atoms with van der Waals surface area (Å²) in [5, 5.41) is 17.7. The number of nitrogens with zero attached hydrogens (tertiary/aromatic N) is 3. The molecule has 1 aromatic carbocycles. The summed E-state index contributed by atoms with van der Waals surface area (Å²) in [5.74, 6) is 0.402. The maximum Gasteiger partial charge on any atom is 0.101 e. The monoisotopic (exact) mass is 247 g/mol. The fourth-order valence-electron chi connectivity index (χ4n) is 1.67. The van der Waals surface area contributed by atoms with Crippen molar-refractivity contribution in [3.8, 4) is 12.1 Å². The Labute approximate surface area is 107 Å². The van der Waals surface area contributed by atoms with E-state index in [0.29, 0.717) is 24.4 Å². The van der Waals surface area contributed by atoms with E-state index in [4.69, 9.17) is 22.1 Å². The van der Waals surface area contributed by atoms with Gasteiger partial charge in [0, 0.05) is 19.0 Å². The van der Waals surface area contributed by atoms with Gasteiger partial charge >= 0.3 is 0 Å². The largest absolute Gasteiger partial charge is 0.370 e. The molecule has 0 atom stereocenters. The predicted molar refractivity (Wildman–Crippen MR) is 68.8 cm³/mol. The van der Waals surface area contributed by atoms with Crippen LogP contribution in [0.5, 0.6) is 0 Å². The molecular formula is C13H14ClN3. The molecule has 0 saturated carbocycles. The van der Waals surface area contributed by atoms with E-state index in [2.05, 4.69) is 12.1 Å². The van der Waals surface area contributed by atoms with Crippen LogP contribution in [0.25, 0.3) is 0 Å². The number of nitriles is 2. The molecule has 0 aromatic heterocycles. The average Bonchev–Trinajstić information content (AvgIpc) is 2.39. The van der Waals surface area contributed by atoms with Crippen LogP contribution < -0.4 is 4.90 Å². The van der Waals surface area contributed by atoms with E-state index in [1.54, 1.807) is 6.07 Å². The van der Waals surface area contributed by atoms with Gasteiger partial charge in [0.05, 0.1) is 23.7 Å². The number of benzene rings is 1. The van der Waals surface area contributed by atoms with Crippen molar-refractivity contribution in [1.29, 1.82) is 10.5 Å². The zero-order valence-electron chi connectivity index (χ0n) is 9.78. The second-order valence-corrected chi connectivity index (χ2v) is 3.85. The molecule has 0 aliphatic carbocycles. The molecule has 0 spiro atoms. The van der Waals surface area contributed by atoms with Gasteiger partial charge < -0.3 is 4.90 Å². The van der Waals surface area contributed by atoms with E-state index >= 15 is 0 Å². The standard InChI is InChI=1S/C13H14ClN3/c1-2-17(7-3-6-15)13-5-4-11(9-14)8-12(13)10-16/h4-5,8H,2-3,7,9H2,1H3. The van der Waals surface area contributed by atoms with Crippen molar-refractivity contribution in [2.24, 2.45) is 0 Å². The van der Waals surface area contributed by atoms with Crippen molar-refractivity contribution in [2.75, 3.05) is 18.0 Å². The minimum absolute atomic E-state index is 0.402. The zero-order chi connectivity index (χ0) is 12.7. The molecule has 0 bridgehead atoms. The predicted octanol–water partition coefficient (Wildman–Crippen LogP) is 3.04. The third kappa shape index (κ3) is 3.37. The Morgan fingerprint density at radius 1 is 1.35 bits per heavy atom. The summed E-state index contributed by atoms with van der Waals surface area (Å²) in [7, 11) is 0. The smallest absolute Gasteiger partial charge is 0.101 e. The molecule has 1 rings (SSSR count). The lowest BCUT2D eigenvalue weighted by Crippen LogP contribution is -2.24. The summed E-state index contributed by atoms with van der Waals surface area (Å²) < 4.78 is 0. The lowest BCUT2D eigenvalue weighted by molar-refractivity contribution is 0.825. The number of alkyl halides is 1. The molecule has 0 unspecified atom stereocenters. The van der Waals surface area contributed by atoms with Crippen LogP contribution in [0.1, 0.15) is 24.5 Å². The van der Waals surface area contributed by atoms with Gasteiger partial charge in [0.15, 0.2) is 0 Å². The van der Waals surface area contributed by atoms with Gasteiger partial charge in [-0.2, -0.15) is 10.5 Å². The SMILES string of the molecule is CCN(CCC#N)c1ccc(CCl)cc1C#N. The molecule has 0 heterocycles. The quantitative estimate of drug-likeness (QED) is 0.752. The summed E-state index contributed by atoms with van der Waals surface area (Å²) in [6, 6.07) is 9.91. The first-order valence-electron chi connectivity index (χ1n) is 5.47. The highest BCUT2D eigenvalue weighted by molar-refractivity contribution is 6.17. The minimum Gasteiger partial charge on any atom is -0.370 e. The van der Waals surface area contributed by atoms with Gasteiger partial charge in [-0.05, 0) is 24.6 Å². The van der Waals surface area contributed by atoms with Crippen LogP contribution in [0.3, 0.4) is 0 Å². The molecule has 0 fully saturated rings. The first kappa shape index (κ1) is 13.4. The van der Waals surface area contributed by atoms with E-state index in [-0.39, 0.29) is 0 Å². The first-order valence-corrected chi connectivity index (χ1v) is 6.01. The van der Waals surface area contributed by atoms with Gasteiger partial charge in [-0.1, -0.05) is 6.07 Å². The number of hydrogen-bond acceptors (Lipinski definition) is 3. The summed E-state index contributed by atoms with van der Waals surface area (Å²) in [6.07, 6.45) is 0.454. The zero-order valence-corrected chi connectivity index (χ0v) is 10.5. The third-order valence-corrected chi connectivity index (χ3v) is 2.86. The summed E-state index contributed by atoms with van der Waals surface area (Å²) in [6.45, 7) is 3.42. The van der Waals surface area contributed by atoms with Gasteiger partial charge in [0.1, 0.15) is 6.07 Å². The fraction of sp³-hybridized carbons (Fsp3) is 0.385. The lowest BCUT2D eigenvalue weighted by atomic mass is 10.1. The molecule has 0 aliphatic rings. The second kappa shape index (κ2) is 6.78. The van der Waals surface area contributed by atoms with E-state index in [1.165, 1.54) is 0 Å². The van der Waals surface area contributed by atoms with E-state index in [0.717, 1.165) is 17.8 Å². The number of halogens is 1. The first-order chi connectivity index (χ1) is 8.26. The van der Waals surface area contributed by atoms with Crippen LogP contribution in [0.15, 0.2) is 18.2 Å². The number of anilines is 1. The Morgan fingerprint density at radius 2 is 2.12 bits per heavy atom. The topological polar surface area (TPSA) is 50.8 Å². The third-order valence-electron chi connectivity index (χ3n) is 2.55. The highest BCUT2D eigenvalue weighted by atomic mass is 35.5. The van der Waals surface area contributed by atoms with Gasteiger partial charge in [-0.3, -0.25) is 0 Å². The van der Waals surface area contributed by atoms with Crippen LogP contribution in [0.4, 0.5) is 5.69 Å². The minimum atomic E-state index is 0.402. The highest BCUT2D eigenvalue weighted by Gasteiger charge is 2.09. The van der Waals surface area contributed by atoms with Crippen LogP contribution in [-0.2, 0) is 5.88 Å². The van der Waals surface area contributed by atoms with Crippen molar-refractivity contribution in [3.05, 3.63) is 29.3 Å². The molecule has 17 heavy (non-hydrogen) atoms. The van der Waals surface area contributed by atoms with E-state index < -0.39 is 0 Å². The van der Waals surface area contributed by atoms with E-state index in [1.807, 2.05) is 24.0 Å². The van der Waals surface area contributed by atoms with Crippen LogP contribution >= 0.6 is 11.6 Å². The Morgan fingerprint density at radius 3 is 2.65 bits per heavy atom. The van der Waals surface area contributed by atoms with Crippen LogP contribution in [0, 0.1) is 22.7 Å². The molecule has 0 amide bonds. The Bertz CT molecular complexity index is 457. The molecule has 3 nitrogen and oxygen atoms in total. The maximum absolute atomic E-state index is 9.12. The Balaban J connectivity index is 3.03. The van der Waals surface area contributed by atoms with Gasteiger partial charge in [-0.15, -0.1) is 11.6 Å². The normalized spacial score (nSPS) is 9.41. The van der Waals surface area contributed by atoms with Gasteiger partial charge in [-0.25, -0.2) is 0 Å². The highest BCUT2D eigenvalue weighted by Crippen LogP contribution is 2.22. The molecular weight excluding hydrogens is 234 g/mol. The molecule has 88 valence electrons. The van der Waals surface area contributed by atoms with Crippen molar-refractivity contribution in [2.45, 2.75) is 19.2 Å². The second-order valence-electron chi connectivity index (χ2n) is 3.58.